The maximum atomic E-state index is 13.8. The number of carbonyl (C=O) groups is 2. The second kappa shape index (κ2) is 13.6. The Balaban J connectivity index is 1.61. The molecule has 3 aromatic rings. The van der Waals surface area contributed by atoms with Crippen molar-refractivity contribution in [1.82, 2.24) is 10.2 Å². The Kier molecular flexibility index (Phi) is 9.99. The summed E-state index contributed by atoms with van der Waals surface area (Å²) in [6.07, 6.45) is 5.87. The van der Waals surface area contributed by atoms with E-state index in [-0.39, 0.29) is 24.5 Å². The van der Waals surface area contributed by atoms with Crippen LogP contribution in [0.5, 0.6) is 5.75 Å². The Hall–Kier alpha value is -3.12. The number of aryl methyl sites for hydroxylation is 2. The van der Waals surface area contributed by atoms with Gasteiger partial charge in [0.05, 0.1) is 0 Å². The number of amides is 2. The molecule has 1 atom stereocenters. The maximum absolute atomic E-state index is 13.8. The van der Waals surface area contributed by atoms with Crippen molar-refractivity contribution in [2.45, 2.75) is 71.0 Å². The van der Waals surface area contributed by atoms with Crippen LogP contribution in [0.1, 0.15) is 54.4 Å². The monoisotopic (exact) mass is 576 g/mol. The van der Waals surface area contributed by atoms with E-state index in [1.165, 1.54) is 6.42 Å². The molecule has 0 radical (unpaired) electrons. The van der Waals surface area contributed by atoms with Gasteiger partial charge < -0.3 is 15.0 Å². The molecule has 0 unspecified atom stereocenters. The van der Waals surface area contributed by atoms with Gasteiger partial charge in [-0.25, -0.2) is 0 Å². The molecule has 0 heterocycles. The standard InChI is InChI=1S/C32H37BrN2O3/c1-23-17-24(2)19-29(18-23)38-22-31(36)35(21-26-13-15-27(33)16-14-26)30(20-25-9-5-3-6-10-25)32(37)34-28-11-7-4-8-12-28/h3,5-6,9-10,13-19,28,30H,4,7-8,11-12,20-22H2,1-2H3,(H,34,37)/t30-/m1/s1. The van der Waals surface area contributed by atoms with E-state index in [1.54, 1.807) is 4.90 Å². The highest BCUT2D eigenvalue weighted by Gasteiger charge is 2.32. The number of rotatable bonds is 10. The van der Waals surface area contributed by atoms with Gasteiger partial charge in [-0.1, -0.05) is 83.7 Å². The molecule has 0 spiro atoms. The zero-order valence-electron chi connectivity index (χ0n) is 22.3. The van der Waals surface area contributed by atoms with Crippen LogP contribution in [-0.4, -0.2) is 35.4 Å². The minimum atomic E-state index is -0.654. The lowest BCUT2D eigenvalue weighted by Gasteiger charge is -2.33. The number of nitrogens with one attached hydrogen (secondary N) is 1. The molecule has 6 heteroatoms. The summed E-state index contributed by atoms with van der Waals surface area (Å²) < 4.78 is 6.93. The number of nitrogens with zero attached hydrogens (tertiary/aromatic N) is 1. The molecule has 200 valence electrons. The Morgan fingerprint density at radius 1 is 0.921 bits per heavy atom. The average Bonchev–Trinajstić information content (AvgIpc) is 2.91. The third-order valence-corrected chi connectivity index (χ3v) is 7.58. The van der Waals surface area contributed by atoms with E-state index in [0.717, 1.165) is 52.4 Å². The van der Waals surface area contributed by atoms with Gasteiger partial charge >= 0.3 is 0 Å². The summed E-state index contributed by atoms with van der Waals surface area (Å²) in [6.45, 7) is 4.19. The number of halogens is 1. The highest BCUT2D eigenvalue weighted by molar-refractivity contribution is 9.10. The summed E-state index contributed by atoms with van der Waals surface area (Å²) in [7, 11) is 0. The van der Waals surface area contributed by atoms with Crippen molar-refractivity contribution in [2.24, 2.45) is 0 Å². The SMILES string of the molecule is Cc1cc(C)cc(OCC(=O)N(Cc2ccc(Br)cc2)[C@H](Cc2ccccc2)C(=O)NC2CCCCC2)c1. The van der Waals surface area contributed by atoms with Gasteiger partial charge in [0, 0.05) is 23.5 Å². The van der Waals surface area contributed by atoms with Gasteiger partial charge in [-0.3, -0.25) is 9.59 Å². The van der Waals surface area contributed by atoms with E-state index in [2.05, 4.69) is 27.3 Å². The van der Waals surface area contributed by atoms with E-state index >= 15 is 0 Å². The van der Waals surface area contributed by atoms with Crippen molar-refractivity contribution in [3.8, 4) is 5.75 Å². The predicted octanol–water partition coefficient (Wildman–Crippen LogP) is 6.53. The summed E-state index contributed by atoms with van der Waals surface area (Å²) in [5, 5.41) is 3.28. The fraction of sp³-hybridized carbons (Fsp3) is 0.375. The second-order valence-electron chi connectivity index (χ2n) is 10.3. The van der Waals surface area contributed by atoms with E-state index in [4.69, 9.17) is 4.74 Å². The van der Waals surface area contributed by atoms with Crippen molar-refractivity contribution in [3.05, 3.63) is 99.5 Å². The highest BCUT2D eigenvalue weighted by atomic mass is 79.9. The van der Waals surface area contributed by atoms with Crippen LogP contribution in [0, 0.1) is 13.8 Å². The van der Waals surface area contributed by atoms with Crippen LogP contribution < -0.4 is 10.1 Å². The molecule has 1 N–H and O–H groups in total. The Morgan fingerprint density at radius 2 is 1.58 bits per heavy atom. The van der Waals surface area contributed by atoms with Gasteiger partial charge in [-0.2, -0.15) is 0 Å². The highest BCUT2D eigenvalue weighted by Crippen LogP contribution is 2.21. The zero-order valence-corrected chi connectivity index (χ0v) is 23.9. The lowest BCUT2D eigenvalue weighted by atomic mass is 9.94. The first-order valence-corrected chi connectivity index (χ1v) is 14.3. The van der Waals surface area contributed by atoms with Crippen molar-refractivity contribution in [2.75, 3.05) is 6.61 Å². The second-order valence-corrected chi connectivity index (χ2v) is 11.2. The molecule has 1 fully saturated rings. The topological polar surface area (TPSA) is 58.6 Å². The molecule has 1 aliphatic rings. The van der Waals surface area contributed by atoms with Gasteiger partial charge in [0.25, 0.3) is 5.91 Å². The first-order chi connectivity index (χ1) is 18.4. The quantitative estimate of drug-likeness (QED) is 0.298. The summed E-state index contributed by atoms with van der Waals surface area (Å²) >= 11 is 3.49. The van der Waals surface area contributed by atoms with Crippen LogP contribution in [0.2, 0.25) is 0 Å². The average molecular weight is 578 g/mol. The molecule has 3 aromatic carbocycles. The van der Waals surface area contributed by atoms with Gasteiger partial charge in [0.1, 0.15) is 11.8 Å². The zero-order chi connectivity index (χ0) is 26.9. The van der Waals surface area contributed by atoms with Crippen LogP contribution >= 0.6 is 15.9 Å². The van der Waals surface area contributed by atoms with Gasteiger partial charge in [0.15, 0.2) is 6.61 Å². The van der Waals surface area contributed by atoms with Crippen molar-refractivity contribution in [3.63, 3.8) is 0 Å². The van der Waals surface area contributed by atoms with E-state index in [0.29, 0.717) is 18.7 Å². The van der Waals surface area contributed by atoms with Crippen LogP contribution in [0.25, 0.3) is 0 Å². The number of hydrogen-bond donors (Lipinski definition) is 1. The number of carbonyl (C=O) groups excluding carboxylic acids is 2. The molecule has 38 heavy (non-hydrogen) atoms. The smallest absolute Gasteiger partial charge is 0.261 e. The normalized spacial score (nSPS) is 14.5. The molecule has 1 saturated carbocycles. The molecule has 0 aromatic heterocycles. The van der Waals surface area contributed by atoms with E-state index in [9.17, 15) is 9.59 Å². The van der Waals surface area contributed by atoms with Crippen molar-refractivity contribution < 1.29 is 14.3 Å². The third-order valence-electron chi connectivity index (χ3n) is 7.05. The minimum absolute atomic E-state index is 0.0994. The Labute approximate surface area is 234 Å². The van der Waals surface area contributed by atoms with Crippen LogP contribution in [-0.2, 0) is 22.6 Å². The number of benzene rings is 3. The molecule has 2 amide bonds. The fourth-order valence-corrected chi connectivity index (χ4v) is 5.39. The molecule has 0 saturated heterocycles. The van der Waals surface area contributed by atoms with Gasteiger partial charge in [-0.05, 0) is 73.2 Å². The Morgan fingerprint density at radius 3 is 2.24 bits per heavy atom. The summed E-state index contributed by atoms with van der Waals surface area (Å²) in [5.41, 5.74) is 4.12. The first kappa shape index (κ1) is 27.9. The summed E-state index contributed by atoms with van der Waals surface area (Å²) in [5.74, 6) is 0.343. The number of ether oxygens (including phenoxy) is 1. The lowest BCUT2D eigenvalue weighted by Crippen LogP contribution is -2.53. The van der Waals surface area contributed by atoms with E-state index in [1.807, 2.05) is 80.6 Å². The van der Waals surface area contributed by atoms with Crippen molar-refractivity contribution in [1.29, 1.82) is 0 Å². The van der Waals surface area contributed by atoms with Gasteiger partial charge in [-0.15, -0.1) is 0 Å². The largest absolute Gasteiger partial charge is 0.484 e. The molecule has 0 bridgehead atoms. The molecular formula is C32H37BrN2O3. The predicted molar refractivity (Wildman–Crippen MR) is 155 cm³/mol. The van der Waals surface area contributed by atoms with Gasteiger partial charge in [0.2, 0.25) is 5.91 Å². The van der Waals surface area contributed by atoms with Crippen LogP contribution in [0.4, 0.5) is 0 Å². The summed E-state index contributed by atoms with van der Waals surface area (Å²) in [6, 6.07) is 23.2. The van der Waals surface area contributed by atoms with Crippen LogP contribution in [0.3, 0.4) is 0 Å². The first-order valence-electron chi connectivity index (χ1n) is 13.5. The molecule has 0 aliphatic heterocycles. The maximum Gasteiger partial charge on any atom is 0.261 e. The number of hydrogen-bond acceptors (Lipinski definition) is 3. The van der Waals surface area contributed by atoms with Crippen LogP contribution in [0.15, 0.2) is 77.3 Å². The minimum Gasteiger partial charge on any atom is -0.484 e. The van der Waals surface area contributed by atoms with E-state index < -0.39 is 6.04 Å². The summed E-state index contributed by atoms with van der Waals surface area (Å²) in [4.78, 5) is 29.3. The molecule has 5 nitrogen and oxygen atoms in total. The molecular weight excluding hydrogens is 540 g/mol. The fourth-order valence-electron chi connectivity index (χ4n) is 5.13. The Bertz CT molecular complexity index is 1190. The molecule has 4 rings (SSSR count). The molecule has 1 aliphatic carbocycles. The lowest BCUT2D eigenvalue weighted by molar-refractivity contribution is -0.143. The van der Waals surface area contributed by atoms with Crippen molar-refractivity contribution >= 4 is 27.7 Å². The third kappa shape index (κ3) is 8.19.